The molecule has 0 saturated carbocycles. The number of hydrogen-bond donors (Lipinski definition) is 0. The maximum atomic E-state index is 11.3. The summed E-state index contributed by atoms with van der Waals surface area (Å²) in [6.07, 6.45) is 0.758. The summed E-state index contributed by atoms with van der Waals surface area (Å²) < 4.78 is 16.5. The van der Waals surface area contributed by atoms with Crippen molar-refractivity contribution in [3.8, 4) is 11.5 Å². The Balaban J connectivity index is 2.07. The summed E-state index contributed by atoms with van der Waals surface area (Å²) in [5, 5.41) is -0.512. The van der Waals surface area contributed by atoms with Crippen LogP contribution in [0.5, 0.6) is 11.5 Å². The van der Waals surface area contributed by atoms with Crippen LogP contribution in [0.4, 0.5) is 0 Å². The van der Waals surface area contributed by atoms with Gasteiger partial charge in [-0.15, -0.1) is 0 Å². The van der Waals surface area contributed by atoms with Gasteiger partial charge in [-0.3, -0.25) is 4.79 Å². The minimum Gasteiger partial charge on any atom is -0.493 e. The summed E-state index contributed by atoms with van der Waals surface area (Å²) in [5.41, 5.74) is 1.25. The van der Waals surface area contributed by atoms with Gasteiger partial charge in [0.1, 0.15) is 18.1 Å². The van der Waals surface area contributed by atoms with Crippen LogP contribution in [0.2, 0.25) is 0 Å². The van der Waals surface area contributed by atoms with Crippen molar-refractivity contribution in [3.05, 3.63) is 59.7 Å². The number of methoxy groups -OCH3 is 1. The molecule has 0 N–H and O–H groups in total. The number of rotatable bonds is 9. The van der Waals surface area contributed by atoms with Crippen LogP contribution in [0.25, 0.3) is 0 Å². The molecule has 0 aliphatic rings. The molecular formula is C18H19ClO4. The van der Waals surface area contributed by atoms with E-state index in [9.17, 15) is 4.79 Å². The molecule has 0 bridgehead atoms. The summed E-state index contributed by atoms with van der Waals surface area (Å²) in [4.78, 5) is 11.3. The van der Waals surface area contributed by atoms with Crippen LogP contribution in [0.3, 0.4) is 0 Å². The van der Waals surface area contributed by atoms with Gasteiger partial charge in [-0.25, -0.2) is 0 Å². The van der Waals surface area contributed by atoms with E-state index in [1.165, 1.54) is 0 Å². The lowest BCUT2D eigenvalue weighted by atomic mass is 10.1. The maximum Gasteiger partial charge on any atom is 0.252 e. The van der Waals surface area contributed by atoms with Crippen molar-refractivity contribution >= 4 is 16.8 Å². The molecule has 122 valence electrons. The van der Waals surface area contributed by atoms with Gasteiger partial charge >= 0.3 is 0 Å². The summed E-state index contributed by atoms with van der Waals surface area (Å²) in [6.45, 7) is 1.45. The van der Waals surface area contributed by atoms with Crippen molar-refractivity contribution in [1.82, 2.24) is 0 Å². The Bertz CT molecular complexity index is 628. The van der Waals surface area contributed by atoms with Gasteiger partial charge in [0.05, 0.1) is 6.61 Å². The van der Waals surface area contributed by atoms with E-state index in [4.69, 9.17) is 25.8 Å². The van der Waals surface area contributed by atoms with Gasteiger partial charge in [-0.05, 0) is 35.9 Å². The predicted molar refractivity (Wildman–Crippen MR) is 89.4 cm³/mol. The van der Waals surface area contributed by atoms with E-state index in [1.807, 2.05) is 30.3 Å². The molecule has 0 amide bonds. The molecule has 2 aromatic carbocycles. The number of carbonyl (C=O) groups excluding carboxylic acids is 1. The van der Waals surface area contributed by atoms with Gasteiger partial charge in [0.15, 0.2) is 0 Å². The van der Waals surface area contributed by atoms with Crippen molar-refractivity contribution in [2.45, 2.75) is 13.0 Å². The number of hydrogen-bond acceptors (Lipinski definition) is 4. The third-order valence-electron chi connectivity index (χ3n) is 3.18. The van der Waals surface area contributed by atoms with Crippen molar-refractivity contribution in [2.24, 2.45) is 0 Å². The van der Waals surface area contributed by atoms with Crippen LogP contribution in [-0.2, 0) is 11.3 Å². The average molecular weight is 335 g/mol. The highest BCUT2D eigenvalue weighted by Crippen LogP contribution is 2.24. The molecular weight excluding hydrogens is 316 g/mol. The predicted octanol–water partition coefficient (Wildman–Crippen LogP) is 4.06. The first-order valence-corrected chi connectivity index (χ1v) is 7.71. The molecule has 5 heteroatoms. The van der Waals surface area contributed by atoms with Crippen LogP contribution in [-0.4, -0.2) is 25.6 Å². The Labute approximate surface area is 140 Å². The molecule has 0 aliphatic carbocycles. The Morgan fingerprint density at radius 1 is 1.04 bits per heavy atom. The second-order valence-corrected chi connectivity index (χ2v) is 5.24. The first kappa shape index (κ1) is 17.3. The zero-order chi connectivity index (χ0) is 16.5. The highest BCUT2D eigenvalue weighted by Gasteiger charge is 2.10. The lowest BCUT2D eigenvalue weighted by molar-refractivity contribution is 0.108. The first-order chi connectivity index (χ1) is 11.2. The van der Waals surface area contributed by atoms with Crippen molar-refractivity contribution in [3.63, 3.8) is 0 Å². The molecule has 0 heterocycles. The average Bonchev–Trinajstić information content (AvgIpc) is 2.58. The van der Waals surface area contributed by atoms with Crippen LogP contribution in [0, 0.1) is 0 Å². The molecule has 0 aliphatic heterocycles. The lowest BCUT2D eigenvalue weighted by Crippen LogP contribution is -2.06. The third kappa shape index (κ3) is 5.58. The molecule has 0 fully saturated rings. The van der Waals surface area contributed by atoms with Crippen LogP contribution in [0.1, 0.15) is 22.3 Å². The molecule has 2 aromatic rings. The minimum atomic E-state index is -0.512. The quantitative estimate of drug-likeness (QED) is 0.512. The van der Waals surface area contributed by atoms with Gasteiger partial charge in [-0.2, -0.15) is 0 Å². The highest BCUT2D eigenvalue weighted by atomic mass is 35.5. The minimum absolute atomic E-state index is 0.348. The van der Waals surface area contributed by atoms with Crippen LogP contribution < -0.4 is 9.47 Å². The fraction of sp³-hybridized carbons (Fsp3) is 0.278. The molecule has 4 nitrogen and oxygen atoms in total. The molecule has 2 rings (SSSR count). The zero-order valence-electron chi connectivity index (χ0n) is 13.0. The number of ether oxygens (including phenoxy) is 3. The molecule has 0 unspecified atom stereocenters. The fourth-order valence-corrected chi connectivity index (χ4v) is 2.11. The van der Waals surface area contributed by atoms with E-state index in [0.717, 1.165) is 17.7 Å². The van der Waals surface area contributed by atoms with E-state index in [-0.39, 0.29) is 0 Å². The van der Waals surface area contributed by atoms with Crippen molar-refractivity contribution < 1.29 is 19.0 Å². The Kier molecular flexibility index (Phi) is 6.91. The fourth-order valence-electron chi connectivity index (χ4n) is 1.99. The third-order valence-corrected chi connectivity index (χ3v) is 3.40. The Hall–Kier alpha value is -2.04. The zero-order valence-corrected chi connectivity index (χ0v) is 13.7. The second-order valence-electron chi connectivity index (χ2n) is 4.89. The number of halogens is 1. The SMILES string of the molecule is COCCCOc1cc(C(=O)Cl)ccc1COc1ccccc1. The van der Waals surface area contributed by atoms with Crippen LogP contribution >= 0.6 is 11.6 Å². The first-order valence-electron chi connectivity index (χ1n) is 7.33. The van der Waals surface area contributed by atoms with Gasteiger partial charge < -0.3 is 14.2 Å². The highest BCUT2D eigenvalue weighted by molar-refractivity contribution is 6.67. The summed E-state index contributed by atoms with van der Waals surface area (Å²) >= 11 is 5.54. The second kappa shape index (κ2) is 9.18. The van der Waals surface area contributed by atoms with Crippen molar-refractivity contribution in [2.75, 3.05) is 20.3 Å². The number of para-hydroxylation sites is 1. The topological polar surface area (TPSA) is 44.8 Å². The normalized spacial score (nSPS) is 10.3. The molecule has 23 heavy (non-hydrogen) atoms. The van der Waals surface area contributed by atoms with E-state index < -0.39 is 5.24 Å². The Morgan fingerprint density at radius 2 is 1.83 bits per heavy atom. The molecule has 0 radical (unpaired) electrons. The van der Waals surface area contributed by atoms with E-state index in [2.05, 4.69) is 0 Å². The molecule has 0 atom stereocenters. The number of carbonyl (C=O) groups is 1. The summed E-state index contributed by atoms with van der Waals surface area (Å²) in [5.74, 6) is 1.37. The largest absolute Gasteiger partial charge is 0.493 e. The monoisotopic (exact) mass is 334 g/mol. The van der Waals surface area contributed by atoms with E-state index in [0.29, 0.717) is 31.1 Å². The molecule has 0 spiro atoms. The van der Waals surface area contributed by atoms with E-state index in [1.54, 1.807) is 25.3 Å². The van der Waals surface area contributed by atoms with Gasteiger partial charge in [0.2, 0.25) is 0 Å². The number of benzene rings is 2. The summed E-state index contributed by atoms with van der Waals surface area (Å²) in [7, 11) is 1.64. The Morgan fingerprint density at radius 3 is 2.52 bits per heavy atom. The van der Waals surface area contributed by atoms with Crippen LogP contribution in [0.15, 0.2) is 48.5 Å². The van der Waals surface area contributed by atoms with Gasteiger partial charge in [0.25, 0.3) is 5.24 Å². The maximum absolute atomic E-state index is 11.3. The molecule has 0 aromatic heterocycles. The smallest absolute Gasteiger partial charge is 0.252 e. The van der Waals surface area contributed by atoms with Gasteiger partial charge in [0, 0.05) is 31.3 Å². The molecule has 0 saturated heterocycles. The van der Waals surface area contributed by atoms with E-state index >= 15 is 0 Å². The lowest BCUT2D eigenvalue weighted by Gasteiger charge is -2.13. The summed E-state index contributed by atoms with van der Waals surface area (Å²) in [6, 6.07) is 14.6. The van der Waals surface area contributed by atoms with Gasteiger partial charge in [-0.1, -0.05) is 24.3 Å². The standard InChI is InChI=1S/C18H19ClO4/c1-21-10-5-11-22-17-12-14(18(19)20)8-9-15(17)13-23-16-6-3-2-4-7-16/h2-4,6-9,12H,5,10-11,13H2,1H3. The van der Waals surface area contributed by atoms with Crippen molar-refractivity contribution in [1.29, 1.82) is 0 Å².